The molecular weight excluding hydrogens is 394 g/mol. The van der Waals surface area contributed by atoms with Crippen molar-refractivity contribution in [3.05, 3.63) is 0 Å². The molecule has 0 saturated heterocycles. The first-order valence-electron chi connectivity index (χ1n) is 4.86. The summed E-state index contributed by atoms with van der Waals surface area (Å²) in [4.78, 5) is 0. The van der Waals surface area contributed by atoms with E-state index in [0.717, 1.165) is 0 Å². The smallest absolute Gasteiger partial charge is 0.748 e. The molecule has 0 aliphatic carbocycles. The Bertz CT molecular complexity index is 337. The maximum absolute atomic E-state index is 10.0. The Labute approximate surface area is 144 Å². The largest absolute Gasteiger partial charge is 2.00 e. The monoisotopic (exact) mass is 412 g/mol. The first-order chi connectivity index (χ1) is 6.96. The summed E-state index contributed by atoms with van der Waals surface area (Å²) in [7, 11) is -8.01. The van der Waals surface area contributed by atoms with E-state index in [-0.39, 0.29) is 48.9 Å². The molecule has 0 fully saturated rings. The molecule has 0 aromatic heterocycles. The van der Waals surface area contributed by atoms with Gasteiger partial charge in [-0.3, -0.25) is 0 Å². The van der Waals surface area contributed by atoms with Crippen LogP contribution in [0.4, 0.5) is 0 Å². The Morgan fingerprint density at radius 1 is 0.824 bits per heavy atom. The predicted octanol–water partition coefficient (Wildman–Crippen LogP) is 0.279. The molecule has 0 unspecified atom stereocenters. The molecule has 0 bridgehead atoms. The first-order valence-corrected chi connectivity index (χ1v) is 7.80. The van der Waals surface area contributed by atoms with E-state index in [0.29, 0.717) is 12.8 Å². The molecule has 9 heteroatoms. The van der Waals surface area contributed by atoms with Crippen molar-refractivity contribution in [3.8, 4) is 0 Å². The molecule has 0 aromatic rings. The van der Waals surface area contributed by atoms with Gasteiger partial charge in [-0.25, -0.2) is 16.8 Å². The zero-order chi connectivity index (χ0) is 13.6. The van der Waals surface area contributed by atoms with Gasteiger partial charge in [0.1, 0.15) is 0 Å². The van der Waals surface area contributed by atoms with Gasteiger partial charge in [-0.05, 0) is 26.7 Å². The van der Waals surface area contributed by atoms with E-state index in [9.17, 15) is 25.9 Å². The zero-order valence-corrected chi connectivity index (χ0v) is 16.6. The standard InChI is InChI=1S/2C4H10O3S.Ba/c2*1-3-4(2)8(5,6)7;/h2*4H,3H2,1-2H3,(H,5,6,7);/q;;+2/p-2/t2*4-;/m11./s1. The van der Waals surface area contributed by atoms with Crippen LogP contribution in [-0.2, 0) is 20.2 Å². The van der Waals surface area contributed by atoms with Crippen LogP contribution in [-0.4, -0.2) is 85.3 Å². The maximum atomic E-state index is 10.0. The van der Waals surface area contributed by atoms with Gasteiger partial charge in [-0.15, -0.1) is 0 Å². The van der Waals surface area contributed by atoms with Gasteiger partial charge in [-0.2, -0.15) is 0 Å². The number of hydrogen-bond acceptors (Lipinski definition) is 6. The quantitative estimate of drug-likeness (QED) is 0.485. The molecule has 0 rings (SSSR count). The maximum Gasteiger partial charge on any atom is 2.00 e. The fourth-order valence-corrected chi connectivity index (χ4v) is 1.22. The van der Waals surface area contributed by atoms with Crippen LogP contribution in [0.2, 0.25) is 0 Å². The van der Waals surface area contributed by atoms with E-state index in [2.05, 4.69) is 0 Å². The second-order valence-electron chi connectivity index (χ2n) is 3.42. The van der Waals surface area contributed by atoms with Crippen LogP contribution in [0.25, 0.3) is 0 Å². The van der Waals surface area contributed by atoms with Gasteiger partial charge in [0.15, 0.2) is 0 Å². The van der Waals surface area contributed by atoms with Gasteiger partial charge in [0.2, 0.25) is 0 Å². The second-order valence-corrected chi connectivity index (χ2v) is 7.00. The van der Waals surface area contributed by atoms with Crippen molar-refractivity contribution in [3.63, 3.8) is 0 Å². The van der Waals surface area contributed by atoms with Crippen LogP contribution >= 0.6 is 0 Å². The summed E-state index contributed by atoms with van der Waals surface area (Å²) in [6.45, 7) is 6.14. The molecule has 0 amide bonds. The summed E-state index contributed by atoms with van der Waals surface area (Å²) in [5.74, 6) is 0. The van der Waals surface area contributed by atoms with Crippen LogP contribution in [0.15, 0.2) is 0 Å². The molecule has 100 valence electrons. The van der Waals surface area contributed by atoms with Gasteiger partial charge >= 0.3 is 48.9 Å². The Hall–Kier alpha value is 1.39. The number of hydrogen-bond donors (Lipinski definition) is 0. The fourth-order valence-electron chi connectivity index (χ4n) is 0.408. The summed E-state index contributed by atoms with van der Waals surface area (Å²) < 4.78 is 60.0. The third kappa shape index (κ3) is 13.6. The van der Waals surface area contributed by atoms with Gasteiger partial charge < -0.3 is 9.11 Å². The molecule has 0 spiro atoms. The van der Waals surface area contributed by atoms with E-state index in [1.165, 1.54) is 13.8 Å². The molecule has 17 heavy (non-hydrogen) atoms. The van der Waals surface area contributed by atoms with Crippen molar-refractivity contribution in [2.45, 2.75) is 51.0 Å². The van der Waals surface area contributed by atoms with Crippen molar-refractivity contribution in [2.24, 2.45) is 0 Å². The molecule has 0 saturated carbocycles. The summed E-state index contributed by atoms with van der Waals surface area (Å²) in [5, 5.41) is -1.47. The Kier molecular flexibility index (Phi) is 14.1. The zero-order valence-electron chi connectivity index (χ0n) is 10.5. The summed E-state index contributed by atoms with van der Waals surface area (Å²) in [6.07, 6.45) is 0.789. The SMILES string of the molecule is CC[C@@H](C)S(=O)(=O)[O-].CC[C@@H](C)S(=O)(=O)[O-].[Ba+2]. The second kappa shape index (κ2) is 10.2. The van der Waals surface area contributed by atoms with Crippen molar-refractivity contribution < 1.29 is 25.9 Å². The molecule has 0 heterocycles. The third-order valence-corrected chi connectivity index (χ3v) is 4.77. The van der Waals surface area contributed by atoms with Crippen molar-refractivity contribution >= 4 is 69.1 Å². The van der Waals surface area contributed by atoms with Gasteiger partial charge in [0.25, 0.3) is 0 Å². The topological polar surface area (TPSA) is 114 Å². The minimum absolute atomic E-state index is 0. The van der Waals surface area contributed by atoms with Crippen LogP contribution in [0.1, 0.15) is 40.5 Å². The minimum Gasteiger partial charge on any atom is -0.748 e. The van der Waals surface area contributed by atoms with Crippen molar-refractivity contribution in [1.82, 2.24) is 0 Å². The molecule has 0 aromatic carbocycles. The molecule has 6 nitrogen and oxygen atoms in total. The molecular formula is C8H18BaO6S2. The Morgan fingerprint density at radius 3 is 1.00 bits per heavy atom. The van der Waals surface area contributed by atoms with E-state index < -0.39 is 30.7 Å². The summed E-state index contributed by atoms with van der Waals surface area (Å²) in [5.41, 5.74) is 0. The molecule has 2 atom stereocenters. The fraction of sp³-hybridized carbons (Fsp3) is 1.00. The van der Waals surface area contributed by atoms with Crippen LogP contribution in [0, 0.1) is 0 Å². The van der Waals surface area contributed by atoms with Crippen LogP contribution in [0.5, 0.6) is 0 Å². The Morgan fingerprint density at radius 2 is 1.00 bits per heavy atom. The summed E-state index contributed by atoms with van der Waals surface area (Å²) >= 11 is 0. The normalized spacial score (nSPS) is 14.9. The summed E-state index contributed by atoms with van der Waals surface area (Å²) in [6, 6.07) is 0. The van der Waals surface area contributed by atoms with Crippen LogP contribution in [0.3, 0.4) is 0 Å². The predicted molar refractivity (Wildman–Crippen MR) is 64.7 cm³/mol. The first kappa shape index (κ1) is 23.5. The van der Waals surface area contributed by atoms with Gasteiger partial charge in [-0.1, -0.05) is 13.8 Å². The van der Waals surface area contributed by atoms with Gasteiger partial charge in [0, 0.05) is 10.5 Å². The molecule has 0 radical (unpaired) electrons. The molecule has 0 N–H and O–H groups in total. The van der Waals surface area contributed by atoms with E-state index in [4.69, 9.17) is 0 Å². The Balaban J connectivity index is -0.000000218. The van der Waals surface area contributed by atoms with Crippen molar-refractivity contribution in [2.75, 3.05) is 0 Å². The molecule has 0 aliphatic rings. The average molecular weight is 412 g/mol. The van der Waals surface area contributed by atoms with E-state index in [1.807, 2.05) is 0 Å². The van der Waals surface area contributed by atoms with Crippen molar-refractivity contribution in [1.29, 1.82) is 0 Å². The third-order valence-electron chi connectivity index (χ3n) is 2.14. The van der Waals surface area contributed by atoms with Crippen LogP contribution < -0.4 is 0 Å². The van der Waals surface area contributed by atoms with E-state index >= 15 is 0 Å². The average Bonchev–Trinajstić information content (AvgIpc) is 2.13. The van der Waals surface area contributed by atoms with Gasteiger partial charge in [0.05, 0.1) is 20.2 Å². The van der Waals surface area contributed by atoms with E-state index in [1.54, 1.807) is 13.8 Å². The minimum atomic E-state index is -4.00. The number of rotatable bonds is 4. The molecule has 0 aliphatic heterocycles.